The van der Waals surface area contributed by atoms with Crippen LogP contribution in [0, 0.1) is 5.92 Å². The Kier molecular flexibility index (Phi) is 4.88. The van der Waals surface area contributed by atoms with Crippen molar-refractivity contribution in [2.75, 3.05) is 6.61 Å². The highest BCUT2D eigenvalue weighted by Crippen LogP contribution is 2.44. The zero-order chi connectivity index (χ0) is 13.9. The second-order valence-electron chi connectivity index (χ2n) is 5.60. The van der Waals surface area contributed by atoms with E-state index in [9.17, 15) is 5.11 Å². The quantitative estimate of drug-likeness (QED) is 0.889. The molecule has 0 aromatic heterocycles. The van der Waals surface area contributed by atoms with Crippen molar-refractivity contribution in [2.45, 2.75) is 51.2 Å². The molecule has 1 atom stereocenters. The molecule has 3 heteroatoms. The maximum atomic E-state index is 10.8. The molecule has 19 heavy (non-hydrogen) atoms. The van der Waals surface area contributed by atoms with Gasteiger partial charge in [0.15, 0.2) is 0 Å². The summed E-state index contributed by atoms with van der Waals surface area (Å²) < 4.78 is 5.98. The Labute approximate surface area is 120 Å². The number of aliphatic hydroxyl groups is 1. The smallest absolute Gasteiger partial charge is 0.109 e. The molecule has 0 bridgehead atoms. The van der Waals surface area contributed by atoms with Gasteiger partial charge < -0.3 is 9.84 Å². The van der Waals surface area contributed by atoms with E-state index >= 15 is 0 Å². The Morgan fingerprint density at radius 2 is 2.00 bits per heavy atom. The van der Waals surface area contributed by atoms with E-state index in [4.69, 9.17) is 16.3 Å². The predicted molar refractivity (Wildman–Crippen MR) is 78.4 cm³/mol. The largest absolute Gasteiger partial charge is 0.385 e. The summed E-state index contributed by atoms with van der Waals surface area (Å²) >= 11 is 6.21. The summed E-state index contributed by atoms with van der Waals surface area (Å²) in [6.45, 7) is 4.87. The summed E-state index contributed by atoms with van der Waals surface area (Å²) in [6.07, 6.45) is 3.35. The molecule has 0 saturated heterocycles. The van der Waals surface area contributed by atoms with Crippen LogP contribution in [0.5, 0.6) is 0 Å². The van der Waals surface area contributed by atoms with E-state index in [-0.39, 0.29) is 0 Å². The zero-order valence-corrected chi connectivity index (χ0v) is 12.5. The van der Waals surface area contributed by atoms with Crippen molar-refractivity contribution in [3.8, 4) is 0 Å². The molecule has 0 spiro atoms. The lowest BCUT2D eigenvalue weighted by Gasteiger charge is -2.42. The van der Waals surface area contributed by atoms with Crippen LogP contribution in [0.1, 0.15) is 51.2 Å². The molecular formula is C16H23ClO2. The van der Waals surface area contributed by atoms with Gasteiger partial charge in [-0.3, -0.25) is 0 Å². The molecule has 1 aliphatic rings. The zero-order valence-electron chi connectivity index (χ0n) is 11.7. The van der Waals surface area contributed by atoms with Crippen LogP contribution in [0.15, 0.2) is 24.3 Å². The second kappa shape index (κ2) is 6.25. The molecule has 1 aromatic carbocycles. The van der Waals surface area contributed by atoms with E-state index in [0.717, 1.165) is 31.2 Å². The van der Waals surface area contributed by atoms with Gasteiger partial charge in [0.1, 0.15) is 6.10 Å². The predicted octanol–water partition coefficient (Wildman–Crippen LogP) is 4.36. The highest BCUT2D eigenvalue weighted by molar-refractivity contribution is 6.31. The highest BCUT2D eigenvalue weighted by Gasteiger charge is 2.42. The number of hydrogen-bond acceptors (Lipinski definition) is 2. The molecule has 1 aromatic rings. The molecule has 1 aliphatic carbocycles. The van der Waals surface area contributed by atoms with Crippen LogP contribution in [-0.4, -0.2) is 17.3 Å². The van der Waals surface area contributed by atoms with Crippen molar-refractivity contribution in [1.29, 1.82) is 0 Å². The second-order valence-corrected chi connectivity index (χ2v) is 6.01. The molecule has 0 aliphatic heterocycles. The van der Waals surface area contributed by atoms with E-state index in [0.29, 0.717) is 17.5 Å². The van der Waals surface area contributed by atoms with Crippen molar-refractivity contribution < 1.29 is 9.84 Å². The minimum Gasteiger partial charge on any atom is -0.385 e. The molecule has 1 unspecified atom stereocenters. The summed E-state index contributed by atoms with van der Waals surface area (Å²) in [4.78, 5) is 0. The summed E-state index contributed by atoms with van der Waals surface area (Å²) in [5, 5.41) is 11.4. The van der Waals surface area contributed by atoms with Crippen LogP contribution >= 0.6 is 11.6 Å². The lowest BCUT2D eigenvalue weighted by Crippen LogP contribution is -2.43. The molecular weight excluding hydrogens is 260 g/mol. The molecule has 1 fully saturated rings. The third-order valence-electron chi connectivity index (χ3n) is 4.25. The number of hydrogen-bond donors (Lipinski definition) is 1. The minimum absolute atomic E-state index is 0.466. The van der Waals surface area contributed by atoms with Gasteiger partial charge in [0, 0.05) is 17.2 Å². The lowest BCUT2D eigenvalue weighted by atomic mass is 9.74. The maximum Gasteiger partial charge on any atom is 0.109 e. The summed E-state index contributed by atoms with van der Waals surface area (Å²) in [7, 11) is 0. The van der Waals surface area contributed by atoms with Crippen LogP contribution in [-0.2, 0) is 4.74 Å². The van der Waals surface area contributed by atoms with Gasteiger partial charge in [-0.25, -0.2) is 0 Å². The number of halogens is 1. The molecule has 0 amide bonds. The number of rotatable bonds is 4. The van der Waals surface area contributed by atoms with Crippen LogP contribution < -0.4 is 0 Å². The van der Waals surface area contributed by atoms with Gasteiger partial charge in [-0.15, -0.1) is 0 Å². The summed E-state index contributed by atoms with van der Waals surface area (Å²) in [6, 6.07) is 7.52. The first-order valence-electron chi connectivity index (χ1n) is 7.15. The standard InChI is InChI=1S/C16H23ClO2/c1-3-19-16(10-8-12(2)9-11-16)15(18)13-6-4-5-7-14(13)17/h4-7,12,15,18H,3,8-11H2,1-2H3. The Hall–Kier alpha value is -0.570. The van der Waals surface area contributed by atoms with Crippen molar-refractivity contribution in [3.05, 3.63) is 34.9 Å². The van der Waals surface area contributed by atoms with Gasteiger partial charge in [0.25, 0.3) is 0 Å². The fraction of sp³-hybridized carbons (Fsp3) is 0.625. The third kappa shape index (κ3) is 3.13. The van der Waals surface area contributed by atoms with E-state index < -0.39 is 11.7 Å². The monoisotopic (exact) mass is 282 g/mol. The number of benzene rings is 1. The van der Waals surface area contributed by atoms with E-state index in [1.54, 1.807) is 0 Å². The summed E-state index contributed by atoms with van der Waals surface area (Å²) in [5.74, 6) is 0.715. The van der Waals surface area contributed by atoms with Crippen molar-refractivity contribution >= 4 is 11.6 Å². The van der Waals surface area contributed by atoms with Gasteiger partial charge in [0.05, 0.1) is 5.60 Å². The normalized spacial score (nSPS) is 29.2. The Balaban J connectivity index is 2.26. The first-order chi connectivity index (χ1) is 9.09. The van der Waals surface area contributed by atoms with Crippen LogP contribution in [0.2, 0.25) is 5.02 Å². The van der Waals surface area contributed by atoms with Gasteiger partial charge in [-0.1, -0.05) is 36.7 Å². The van der Waals surface area contributed by atoms with Gasteiger partial charge in [-0.05, 0) is 44.6 Å². The topological polar surface area (TPSA) is 29.5 Å². The minimum atomic E-state index is -0.645. The Bertz CT molecular complexity index is 411. The fourth-order valence-corrected chi connectivity index (χ4v) is 3.25. The Morgan fingerprint density at radius 1 is 1.37 bits per heavy atom. The molecule has 2 nitrogen and oxygen atoms in total. The van der Waals surface area contributed by atoms with E-state index in [2.05, 4.69) is 6.92 Å². The summed E-state index contributed by atoms with van der Waals surface area (Å²) in [5.41, 5.74) is 0.318. The van der Waals surface area contributed by atoms with Crippen molar-refractivity contribution in [2.24, 2.45) is 5.92 Å². The van der Waals surface area contributed by atoms with Crippen molar-refractivity contribution in [3.63, 3.8) is 0 Å². The number of ether oxygens (including phenoxy) is 1. The van der Waals surface area contributed by atoms with Gasteiger partial charge in [0.2, 0.25) is 0 Å². The van der Waals surface area contributed by atoms with Crippen molar-refractivity contribution in [1.82, 2.24) is 0 Å². The molecule has 0 heterocycles. The van der Waals surface area contributed by atoms with E-state index in [1.807, 2.05) is 31.2 Å². The maximum absolute atomic E-state index is 10.8. The third-order valence-corrected chi connectivity index (χ3v) is 4.59. The molecule has 106 valence electrons. The SMILES string of the molecule is CCOC1(C(O)c2ccccc2Cl)CCC(C)CC1. The lowest BCUT2D eigenvalue weighted by molar-refractivity contribution is -0.146. The average Bonchev–Trinajstić information content (AvgIpc) is 2.42. The van der Waals surface area contributed by atoms with Gasteiger partial charge >= 0.3 is 0 Å². The fourth-order valence-electron chi connectivity index (χ4n) is 3.02. The molecule has 0 radical (unpaired) electrons. The van der Waals surface area contributed by atoms with Gasteiger partial charge in [-0.2, -0.15) is 0 Å². The van der Waals surface area contributed by atoms with Crippen LogP contribution in [0.3, 0.4) is 0 Å². The molecule has 2 rings (SSSR count). The molecule has 1 N–H and O–H groups in total. The first kappa shape index (κ1) is 14.8. The molecule has 1 saturated carbocycles. The average molecular weight is 283 g/mol. The highest BCUT2D eigenvalue weighted by atomic mass is 35.5. The van der Waals surface area contributed by atoms with Crippen LogP contribution in [0.4, 0.5) is 0 Å². The Morgan fingerprint density at radius 3 is 2.58 bits per heavy atom. The number of aliphatic hydroxyl groups excluding tert-OH is 1. The van der Waals surface area contributed by atoms with E-state index in [1.165, 1.54) is 0 Å². The van der Waals surface area contributed by atoms with Crippen LogP contribution in [0.25, 0.3) is 0 Å². The first-order valence-corrected chi connectivity index (χ1v) is 7.53.